The molecule has 0 unspecified atom stereocenters. The van der Waals surface area contributed by atoms with Crippen LogP contribution < -0.4 is 24.5 Å². The van der Waals surface area contributed by atoms with Crippen LogP contribution in [0.15, 0.2) is 82.2 Å². The number of para-hydroxylation sites is 1. The van der Waals surface area contributed by atoms with Gasteiger partial charge >= 0.3 is 5.97 Å². The van der Waals surface area contributed by atoms with Crippen LogP contribution in [0.5, 0.6) is 5.75 Å². The fourth-order valence-electron chi connectivity index (χ4n) is 4.95. The summed E-state index contributed by atoms with van der Waals surface area (Å²) in [7, 11) is 0. The Kier molecular flexibility index (Phi) is 7.10. The maximum atomic E-state index is 14.2. The first-order valence-electron chi connectivity index (χ1n) is 12.8. The number of rotatable bonds is 7. The number of carbonyl (C=O) groups is 2. The van der Waals surface area contributed by atoms with E-state index >= 15 is 0 Å². The van der Waals surface area contributed by atoms with Crippen molar-refractivity contribution in [1.82, 2.24) is 4.57 Å². The van der Waals surface area contributed by atoms with Gasteiger partial charge in [0.1, 0.15) is 10.3 Å². The zero-order valence-corrected chi connectivity index (χ0v) is 23.1. The molecular formula is C30H29N3O5S. The minimum absolute atomic E-state index is 0.269. The number of carbonyl (C=O) groups excluding carboxylic acids is 2. The molecule has 0 N–H and O–H groups in total. The number of amides is 1. The van der Waals surface area contributed by atoms with Gasteiger partial charge in [-0.1, -0.05) is 47.7 Å². The number of nitrogens with zero attached hydrogens (tertiary/aromatic N) is 3. The summed E-state index contributed by atoms with van der Waals surface area (Å²) in [5.41, 5.74) is 2.79. The highest BCUT2D eigenvalue weighted by Crippen LogP contribution is 2.36. The van der Waals surface area contributed by atoms with E-state index in [1.54, 1.807) is 31.7 Å². The highest BCUT2D eigenvalue weighted by Gasteiger charge is 2.37. The highest BCUT2D eigenvalue weighted by atomic mass is 32.1. The molecule has 8 nitrogen and oxygen atoms in total. The SMILES string of the molecule is C=CCN1C(=O)/C(=c2\sc3n(c2=O)[C@H](c2ccc(OCC)cc2)C(C(=O)OC(C)C)=C(C)N=3)c2ccccc21. The zero-order valence-electron chi connectivity index (χ0n) is 22.3. The van der Waals surface area contributed by atoms with Gasteiger partial charge in [0.25, 0.3) is 11.5 Å². The van der Waals surface area contributed by atoms with Gasteiger partial charge in [-0.2, -0.15) is 0 Å². The summed E-state index contributed by atoms with van der Waals surface area (Å²) in [4.78, 5) is 47.8. The van der Waals surface area contributed by atoms with E-state index in [0.29, 0.717) is 46.1 Å². The number of esters is 1. The van der Waals surface area contributed by atoms with Crippen LogP contribution in [0.1, 0.15) is 44.9 Å². The number of hydrogen-bond donors (Lipinski definition) is 0. The zero-order chi connectivity index (χ0) is 27.8. The van der Waals surface area contributed by atoms with Crippen molar-refractivity contribution >= 4 is 34.5 Å². The van der Waals surface area contributed by atoms with Crippen molar-refractivity contribution in [2.45, 2.75) is 39.8 Å². The second kappa shape index (κ2) is 10.5. The van der Waals surface area contributed by atoms with Crippen molar-refractivity contribution < 1.29 is 19.1 Å². The Morgan fingerprint density at radius 3 is 2.54 bits per heavy atom. The molecule has 200 valence electrons. The van der Waals surface area contributed by atoms with Crippen molar-refractivity contribution in [2.24, 2.45) is 4.99 Å². The van der Waals surface area contributed by atoms with Crippen LogP contribution in [0.25, 0.3) is 5.57 Å². The van der Waals surface area contributed by atoms with Crippen LogP contribution in [0.2, 0.25) is 0 Å². The molecule has 0 saturated heterocycles. The van der Waals surface area contributed by atoms with E-state index in [4.69, 9.17) is 9.47 Å². The van der Waals surface area contributed by atoms with E-state index in [9.17, 15) is 14.4 Å². The monoisotopic (exact) mass is 543 g/mol. The lowest BCUT2D eigenvalue weighted by molar-refractivity contribution is -0.143. The predicted molar refractivity (Wildman–Crippen MR) is 151 cm³/mol. The van der Waals surface area contributed by atoms with Gasteiger partial charge in [0.15, 0.2) is 4.80 Å². The van der Waals surface area contributed by atoms with E-state index in [-0.39, 0.29) is 22.1 Å². The molecule has 2 aliphatic heterocycles. The van der Waals surface area contributed by atoms with Crippen LogP contribution in [0.4, 0.5) is 5.69 Å². The summed E-state index contributed by atoms with van der Waals surface area (Å²) in [6.07, 6.45) is 1.30. The molecule has 2 aromatic carbocycles. The summed E-state index contributed by atoms with van der Waals surface area (Å²) in [6.45, 7) is 11.8. The molecule has 1 atom stereocenters. The molecule has 0 aliphatic carbocycles. The Labute approximate surface area is 229 Å². The fourth-order valence-corrected chi connectivity index (χ4v) is 6.09. The number of aromatic nitrogens is 1. The lowest BCUT2D eigenvalue weighted by atomic mass is 9.95. The molecule has 1 aromatic heterocycles. The number of fused-ring (bicyclic) bond motifs is 2. The molecule has 5 rings (SSSR count). The van der Waals surface area contributed by atoms with Crippen LogP contribution in [0.3, 0.4) is 0 Å². The third-order valence-corrected chi connectivity index (χ3v) is 7.58. The first-order valence-corrected chi connectivity index (χ1v) is 13.6. The molecular weight excluding hydrogens is 514 g/mol. The summed E-state index contributed by atoms with van der Waals surface area (Å²) < 4.78 is 12.9. The van der Waals surface area contributed by atoms with E-state index in [1.165, 1.54) is 4.57 Å². The second-order valence-corrected chi connectivity index (χ2v) is 10.4. The molecule has 1 amide bonds. The number of allylic oxidation sites excluding steroid dienone is 1. The Hall–Kier alpha value is -4.24. The maximum Gasteiger partial charge on any atom is 0.338 e. The minimum Gasteiger partial charge on any atom is -0.494 e. The average molecular weight is 544 g/mol. The molecule has 0 saturated carbocycles. The lowest BCUT2D eigenvalue weighted by Gasteiger charge is -2.25. The molecule has 2 aliphatic rings. The molecule has 3 aromatic rings. The summed E-state index contributed by atoms with van der Waals surface area (Å²) in [5.74, 6) is -0.130. The molecule has 9 heteroatoms. The smallest absolute Gasteiger partial charge is 0.338 e. The number of thiazole rings is 1. The number of ether oxygens (including phenoxy) is 2. The normalized spacial score (nSPS) is 17.6. The topological polar surface area (TPSA) is 90.2 Å². The first-order chi connectivity index (χ1) is 18.8. The van der Waals surface area contributed by atoms with Crippen molar-refractivity contribution in [3.05, 3.63) is 103 Å². The van der Waals surface area contributed by atoms with E-state index < -0.39 is 17.6 Å². The summed E-state index contributed by atoms with van der Waals surface area (Å²) in [5, 5.41) is 0. The lowest BCUT2D eigenvalue weighted by Crippen LogP contribution is -2.41. The molecule has 0 radical (unpaired) electrons. The fraction of sp³-hybridized carbons (Fsp3) is 0.267. The Morgan fingerprint density at radius 2 is 1.87 bits per heavy atom. The van der Waals surface area contributed by atoms with E-state index in [2.05, 4.69) is 11.6 Å². The standard InChI is InChI=1S/C30H29N3O5S/c1-6-16-32-22-11-9-8-10-21(22)24(27(32)34)26-28(35)33-25(19-12-14-20(15-13-19)37-7-2)23(29(36)38-17(3)4)18(5)31-30(33)39-26/h6,8-15,17,25H,1,7,16H2,2-5H3/b26-24-/t25-/m1/s1. The van der Waals surface area contributed by atoms with Crippen LogP contribution in [-0.2, 0) is 14.3 Å². The van der Waals surface area contributed by atoms with Crippen molar-refractivity contribution in [3.8, 4) is 5.75 Å². The molecule has 0 fully saturated rings. The van der Waals surface area contributed by atoms with Crippen molar-refractivity contribution in [2.75, 3.05) is 18.1 Å². The van der Waals surface area contributed by atoms with Crippen molar-refractivity contribution in [1.29, 1.82) is 0 Å². The summed E-state index contributed by atoms with van der Waals surface area (Å²) >= 11 is 1.15. The predicted octanol–water partition coefficient (Wildman–Crippen LogP) is 3.49. The third-order valence-electron chi connectivity index (χ3n) is 6.53. The second-order valence-electron chi connectivity index (χ2n) is 9.46. The number of anilines is 1. The van der Waals surface area contributed by atoms with Crippen LogP contribution in [-0.4, -0.2) is 35.7 Å². The van der Waals surface area contributed by atoms with Gasteiger partial charge < -0.3 is 14.4 Å². The third kappa shape index (κ3) is 4.52. The molecule has 0 bridgehead atoms. The largest absolute Gasteiger partial charge is 0.494 e. The van der Waals surface area contributed by atoms with Gasteiger partial charge in [0.2, 0.25) is 0 Å². The van der Waals surface area contributed by atoms with Crippen LogP contribution >= 0.6 is 11.3 Å². The Bertz CT molecular complexity index is 1700. The van der Waals surface area contributed by atoms with Gasteiger partial charge in [0.05, 0.1) is 41.3 Å². The number of hydrogen-bond acceptors (Lipinski definition) is 7. The average Bonchev–Trinajstić information content (AvgIpc) is 3.36. The molecule has 0 spiro atoms. The van der Waals surface area contributed by atoms with Crippen LogP contribution in [0, 0.1) is 0 Å². The quantitative estimate of drug-likeness (QED) is 0.336. The van der Waals surface area contributed by atoms with E-state index in [0.717, 1.165) is 17.0 Å². The molecule has 39 heavy (non-hydrogen) atoms. The van der Waals surface area contributed by atoms with Crippen molar-refractivity contribution in [3.63, 3.8) is 0 Å². The molecule has 3 heterocycles. The minimum atomic E-state index is -0.784. The van der Waals surface area contributed by atoms with Gasteiger partial charge in [0, 0.05) is 12.1 Å². The first kappa shape index (κ1) is 26.4. The summed E-state index contributed by atoms with van der Waals surface area (Å²) in [6, 6.07) is 13.9. The highest BCUT2D eigenvalue weighted by molar-refractivity contribution is 7.07. The van der Waals surface area contributed by atoms with Gasteiger partial charge in [-0.15, -0.1) is 6.58 Å². The Morgan fingerprint density at radius 1 is 1.15 bits per heavy atom. The van der Waals surface area contributed by atoms with Gasteiger partial charge in [-0.25, -0.2) is 9.79 Å². The van der Waals surface area contributed by atoms with Gasteiger partial charge in [-0.3, -0.25) is 14.2 Å². The maximum absolute atomic E-state index is 14.2. The van der Waals surface area contributed by atoms with Gasteiger partial charge in [-0.05, 0) is 51.5 Å². The van der Waals surface area contributed by atoms with E-state index in [1.807, 2.05) is 55.5 Å². The Balaban J connectivity index is 1.77. The number of benzene rings is 2.